The summed E-state index contributed by atoms with van der Waals surface area (Å²) in [6, 6.07) is 7.74. The topological polar surface area (TPSA) is 32.7 Å². The van der Waals surface area contributed by atoms with E-state index in [9.17, 15) is 5.11 Å². The highest BCUT2D eigenvalue weighted by Gasteiger charge is 2.11. The van der Waals surface area contributed by atoms with Crippen molar-refractivity contribution in [3.63, 3.8) is 0 Å². The molecule has 1 N–H and O–H groups in total. The van der Waals surface area contributed by atoms with Gasteiger partial charge in [-0.15, -0.1) is 0 Å². The summed E-state index contributed by atoms with van der Waals surface area (Å²) in [5.41, 5.74) is 0.888. The van der Waals surface area contributed by atoms with Gasteiger partial charge >= 0.3 is 0 Å². The molecular weight excluding hydrogens is 226 g/mol. The standard InChI is InChI=1S/C15H25NO2/c1-4-14(17)13-9-7-8-10-15(13)18-12-11-16(5-2)6-3/h7-10,14,17H,4-6,11-12H2,1-3H3. The van der Waals surface area contributed by atoms with Crippen molar-refractivity contribution in [2.75, 3.05) is 26.2 Å². The van der Waals surface area contributed by atoms with Crippen LogP contribution in [0, 0.1) is 0 Å². The average molecular weight is 251 g/mol. The van der Waals surface area contributed by atoms with Gasteiger partial charge < -0.3 is 14.7 Å². The lowest BCUT2D eigenvalue weighted by atomic mass is 10.1. The number of aliphatic hydroxyl groups is 1. The molecule has 0 saturated heterocycles. The molecule has 1 aromatic rings. The molecule has 0 heterocycles. The van der Waals surface area contributed by atoms with Crippen LogP contribution in [0.3, 0.4) is 0 Å². The molecule has 0 radical (unpaired) electrons. The van der Waals surface area contributed by atoms with Crippen molar-refractivity contribution in [3.8, 4) is 5.75 Å². The quantitative estimate of drug-likeness (QED) is 0.771. The number of hydrogen-bond acceptors (Lipinski definition) is 3. The lowest BCUT2D eigenvalue weighted by Gasteiger charge is -2.19. The van der Waals surface area contributed by atoms with Crippen molar-refractivity contribution < 1.29 is 9.84 Å². The molecule has 0 aliphatic rings. The van der Waals surface area contributed by atoms with E-state index in [2.05, 4.69) is 18.7 Å². The van der Waals surface area contributed by atoms with Crippen LogP contribution in [0.1, 0.15) is 38.9 Å². The minimum absolute atomic E-state index is 0.436. The Morgan fingerprint density at radius 1 is 1.17 bits per heavy atom. The smallest absolute Gasteiger partial charge is 0.125 e. The normalized spacial score (nSPS) is 12.7. The molecule has 1 aromatic carbocycles. The van der Waals surface area contributed by atoms with E-state index in [-0.39, 0.29) is 0 Å². The predicted octanol–water partition coefficient (Wildman–Crippen LogP) is 2.85. The first-order valence-electron chi connectivity index (χ1n) is 6.85. The van der Waals surface area contributed by atoms with Crippen molar-refractivity contribution >= 4 is 0 Å². The second-order valence-corrected chi connectivity index (χ2v) is 4.34. The van der Waals surface area contributed by atoms with Crippen molar-refractivity contribution in [1.82, 2.24) is 4.90 Å². The Balaban J connectivity index is 2.56. The maximum absolute atomic E-state index is 9.92. The first-order chi connectivity index (χ1) is 8.72. The second-order valence-electron chi connectivity index (χ2n) is 4.34. The molecule has 1 rings (SSSR count). The molecular formula is C15H25NO2. The van der Waals surface area contributed by atoms with Gasteiger partial charge in [-0.25, -0.2) is 0 Å². The average Bonchev–Trinajstić information content (AvgIpc) is 2.43. The minimum atomic E-state index is -0.436. The zero-order valence-corrected chi connectivity index (χ0v) is 11.7. The summed E-state index contributed by atoms with van der Waals surface area (Å²) in [5.74, 6) is 0.805. The number of ether oxygens (including phenoxy) is 1. The number of hydrogen-bond donors (Lipinski definition) is 1. The molecule has 0 aliphatic heterocycles. The van der Waals surface area contributed by atoms with Gasteiger partial charge in [-0.3, -0.25) is 0 Å². The summed E-state index contributed by atoms with van der Waals surface area (Å²) in [6.07, 6.45) is 0.269. The predicted molar refractivity (Wildman–Crippen MR) is 75.0 cm³/mol. The molecule has 0 aliphatic carbocycles. The van der Waals surface area contributed by atoms with Gasteiger partial charge in [0.2, 0.25) is 0 Å². The Bertz CT molecular complexity index is 337. The van der Waals surface area contributed by atoms with Crippen LogP contribution in [0.2, 0.25) is 0 Å². The van der Waals surface area contributed by atoms with E-state index >= 15 is 0 Å². The third-order valence-electron chi connectivity index (χ3n) is 3.22. The number of aliphatic hydroxyl groups excluding tert-OH is 1. The fourth-order valence-electron chi connectivity index (χ4n) is 1.93. The van der Waals surface area contributed by atoms with Gasteiger partial charge in [-0.1, -0.05) is 39.0 Å². The number of rotatable bonds is 8. The first kappa shape index (κ1) is 15.0. The molecule has 0 amide bonds. The van der Waals surface area contributed by atoms with Crippen molar-refractivity contribution in [2.45, 2.75) is 33.3 Å². The fourth-order valence-corrected chi connectivity index (χ4v) is 1.93. The Morgan fingerprint density at radius 3 is 2.44 bits per heavy atom. The molecule has 3 heteroatoms. The first-order valence-corrected chi connectivity index (χ1v) is 6.85. The molecule has 3 nitrogen and oxygen atoms in total. The molecule has 0 bridgehead atoms. The van der Waals surface area contributed by atoms with Crippen LogP contribution in [-0.4, -0.2) is 36.2 Å². The van der Waals surface area contributed by atoms with Gasteiger partial charge in [0.25, 0.3) is 0 Å². The maximum atomic E-state index is 9.92. The van der Waals surface area contributed by atoms with Crippen LogP contribution < -0.4 is 4.74 Å². The molecule has 1 unspecified atom stereocenters. The maximum Gasteiger partial charge on any atom is 0.125 e. The number of likely N-dealkylation sites (N-methyl/N-ethyl adjacent to an activating group) is 1. The third kappa shape index (κ3) is 4.31. The Labute approximate surface area is 110 Å². The lowest BCUT2D eigenvalue weighted by molar-refractivity contribution is 0.164. The summed E-state index contributed by atoms with van der Waals surface area (Å²) in [4.78, 5) is 2.32. The molecule has 0 spiro atoms. The van der Waals surface area contributed by atoms with Crippen molar-refractivity contribution in [3.05, 3.63) is 29.8 Å². The van der Waals surface area contributed by atoms with Crippen molar-refractivity contribution in [2.24, 2.45) is 0 Å². The minimum Gasteiger partial charge on any atom is -0.492 e. The van der Waals surface area contributed by atoms with E-state index < -0.39 is 6.10 Å². The van der Waals surface area contributed by atoms with Gasteiger partial charge in [0, 0.05) is 12.1 Å². The Morgan fingerprint density at radius 2 is 1.83 bits per heavy atom. The fraction of sp³-hybridized carbons (Fsp3) is 0.600. The largest absolute Gasteiger partial charge is 0.492 e. The van der Waals surface area contributed by atoms with Gasteiger partial charge in [0.05, 0.1) is 6.10 Å². The van der Waals surface area contributed by atoms with E-state index in [0.29, 0.717) is 13.0 Å². The van der Waals surface area contributed by atoms with E-state index in [1.54, 1.807) is 0 Å². The number of nitrogens with zero attached hydrogens (tertiary/aromatic N) is 1. The summed E-state index contributed by atoms with van der Waals surface area (Å²) in [5, 5.41) is 9.92. The van der Waals surface area contributed by atoms with Crippen LogP contribution >= 0.6 is 0 Å². The van der Waals surface area contributed by atoms with Crippen LogP contribution in [-0.2, 0) is 0 Å². The van der Waals surface area contributed by atoms with E-state index in [1.807, 2.05) is 31.2 Å². The molecule has 0 aromatic heterocycles. The highest BCUT2D eigenvalue weighted by Crippen LogP contribution is 2.26. The van der Waals surface area contributed by atoms with E-state index in [1.165, 1.54) is 0 Å². The number of benzene rings is 1. The van der Waals surface area contributed by atoms with Crippen LogP contribution in [0.15, 0.2) is 24.3 Å². The summed E-state index contributed by atoms with van der Waals surface area (Å²) < 4.78 is 5.79. The molecule has 0 saturated carbocycles. The van der Waals surface area contributed by atoms with Gasteiger partial charge in [0.1, 0.15) is 12.4 Å². The zero-order chi connectivity index (χ0) is 13.4. The Kier molecular flexibility index (Phi) is 6.76. The molecule has 18 heavy (non-hydrogen) atoms. The zero-order valence-electron chi connectivity index (χ0n) is 11.7. The van der Waals surface area contributed by atoms with E-state index in [0.717, 1.165) is 30.9 Å². The summed E-state index contributed by atoms with van der Waals surface area (Å²) in [7, 11) is 0. The third-order valence-corrected chi connectivity index (χ3v) is 3.22. The Hall–Kier alpha value is -1.06. The van der Waals surface area contributed by atoms with Crippen LogP contribution in [0.5, 0.6) is 5.75 Å². The van der Waals surface area contributed by atoms with Crippen molar-refractivity contribution in [1.29, 1.82) is 0 Å². The van der Waals surface area contributed by atoms with Gasteiger partial charge in [-0.2, -0.15) is 0 Å². The SMILES string of the molecule is CCC(O)c1ccccc1OCCN(CC)CC. The van der Waals surface area contributed by atoms with Gasteiger partial charge in [-0.05, 0) is 25.6 Å². The molecule has 102 valence electrons. The summed E-state index contributed by atoms with van der Waals surface area (Å²) in [6.45, 7) is 9.94. The second kappa shape index (κ2) is 8.11. The highest BCUT2D eigenvalue weighted by molar-refractivity contribution is 5.34. The van der Waals surface area contributed by atoms with Gasteiger partial charge in [0.15, 0.2) is 0 Å². The van der Waals surface area contributed by atoms with E-state index in [4.69, 9.17) is 4.74 Å². The molecule has 1 atom stereocenters. The number of para-hydroxylation sites is 1. The van der Waals surface area contributed by atoms with Crippen LogP contribution in [0.25, 0.3) is 0 Å². The molecule has 0 fully saturated rings. The van der Waals surface area contributed by atoms with Crippen LogP contribution in [0.4, 0.5) is 0 Å². The highest BCUT2D eigenvalue weighted by atomic mass is 16.5. The monoisotopic (exact) mass is 251 g/mol. The summed E-state index contributed by atoms with van der Waals surface area (Å²) >= 11 is 0. The lowest BCUT2D eigenvalue weighted by Crippen LogP contribution is -2.28.